The van der Waals surface area contributed by atoms with Gasteiger partial charge in [-0.05, 0) is 12.0 Å². The molecule has 0 nitrogen and oxygen atoms in total. The van der Waals surface area contributed by atoms with Gasteiger partial charge in [0.25, 0.3) is 0 Å². The first kappa shape index (κ1) is 35.8. The molecule has 1 aliphatic carbocycles. The van der Waals surface area contributed by atoms with E-state index in [1.807, 2.05) is 18.2 Å². The van der Waals surface area contributed by atoms with E-state index >= 15 is 0 Å². The van der Waals surface area contributed by atoms with Gasteiger partial charge in [0.1, 0.15) is 0 Å². The molecule has 40 heavy (non-hydrogen) atoms. The number of aryl methyl sites for hydroxylation is 2. The summed E-state index contributed by atoms with van der Waals surface area (Å²) in [5.41, 5.74) is 13.5. The fourth-order valence-electron chi connectivity index (χ4n) is 4.35. The third kappa shape index (κ3) is 9.73. The summed E-state index contributed by atoms with van der Waals surface area (Å²) < 4.78 is 1.46. The Hall–Kier alpha value is -2.18. The van der Waals surface area contributed by atoms with Crippen molar-refractivity contribution in [1.82, 2.24) is 0 Å². The molecule has 0 bridgehead atoms. The Morgan fingerprint density at radius 1 is 0.950 bits per heavy atom. The predicted molar refractivity (Wildman–Crippen MR) is 165 cm³/mol. The molecular formula is C37H40Cl2Zr-2. The van der Waals surface area contributed by atoms with E-state index in [-0.39, 0.29) is 24.8 Å². The number of benzene rings is 3. The van der Waals surface area contributed by atoms with Crippen LogP contribution in [0.4, 0.5) is 0 Å². The summed E-state index contributed by atoms with van der Waals surface area (Å²) in [6.07, 6.45) is 5.89. The average Bonchev–Trinajstić information content (AvgIpc) is 3.54. The van der Waals surface area contributed by atoms with Gasteiger partial charge in [0.05, 0.1) is 0 Å². The topological polar surface area (TPSA) is 0 Å². The Bertz CT molecular complexity index is 1360. The second-order valence-corrected chi connectivity index (χ2v) is 12.8. The van der Waals surface area contributed by atoms with Crippen LogP contribution in [0.1, 0.15) is 79.1 Å². The third-order valence-corrected chi connectivity index (χ3v) is 7.60. The molecule has 0 saturated heterocycles. The molecular weight excluding hydrogens is 607 g/mol. The molecule has 0 radical (unpaired) electrons. The maximum absolute atomic E-state index is 3.82. The van der Waals surface area contributed by atoms with E-state index in [4.69, 9.17) is 0 Å². The summed E-state index contributed by atoms with van der Waals surface area (Å²) in [4.78, 5) is 0. The van der Waals surface area contributed by atoms with E-state index in [1.165, 1.54) is 77.5 Å². The standard InChI is InChI=1S/C17H13.C11H17.C9H10.2ClH.Zr/c1-3-12-5-7-14-11-15-8-6-13(4-2)10-17(15)16(14)9-12;1-5-9-6-7-10(8-9)11(2,3)4;1-3-9-6-4-8(2)5-7-9;;;/h3-7,9-10H,1-2,11H2;6-8H,5H2,1-4H3;4-7H,1-2H3;2*1H;/q2*-1;;;;+2/p-2. The normalized spacial score (nSPS) is 10.7. The van der Waals surface area contributed by atoms with Crippen LogP contribution in [-0.4, -0.2) is 3.21 Å². The van der Waals surface area contributed by atoms with E-state index < -0.39 is 0 Å². The third-order valence-electron chi connectivity index (χ3n) is 6.89. The molecule has 1 aliphatic rings. The van der Waals surface area contributed by atoms with Crippen LogP contribution in [0.5, 0.6) is 0 Å². The van der Waals surface area contributed by atoms with Crippen LogP contribution in [0.2, 0.25) is 0 Å². The molecule has 4 aromatic rings. The number of hydrogen-bond acceptors (Lipinski definition) is 0. The van der Waals surface area contributed by atoms with Gasteiger partial charge in [0.15, 0.2) is 0 Å². The van der Waals surface area contributed by atoms with E-state index in [0.29, 0.717) is 5.41 Å². The van der Waals surface area contributed by atoms with Gasteiger partial charge in [0, 0.05) is 0 Å². The molecule has 4 aromatic carbocycles. The summed E-state index contributed by atoms with van der Waals surface area (Å²) in [6.45, 7) is 20.9. The fourth-order valence-corrected chi connectivity index (χ4v) is 4.76. The zero-order chi connectivity index (χ0) is 27.9. The van der Waals surface area contributed by atoms with Crippen LogP contribution in [0, 0.1) is 13.0 Å². The van der Waals surface area contributed by atoms with Crippen molar-refractivity contribution >= 4 is 15.4 Å². The van der Waals surface area contributed by atoms with Crippen molar-refractivity contribution in [3.8, 4) is 11.1 Å². The zero-order valence-corrected chi connectivity index (χ0v) is 28.6. The molecule has 208 valence electrons. The van der Waals surface area contributed by atoms with Crippen molar-refractivity contribution in [3.63, 3.8) is 0 Å². The van der Waals surface area contributed by atoms with Crippen LogP contribution < -0.4 is 24.8 Å². The Morgan fingerprint density at radius 3 is 2.08 bits per heavy atom. The van der Waals surface area contributed by atoms with Crippen molar-refractivity contribution < 1.29 is 49.0 Å². The van der Waals surface area contributed by atoms with Crippen molar-refractivity contribution in [2.75, 3.05) is 0 Å². The summed E-state index contributed by atoms with van der Waals surface area (Å²) in [6, 6.07) is 29.5. The minimum atomic E-state index is 0. The largest absolute Gasteiger partial charge is 1.00 e. The molecule has 0 N–H and O–H groups in total. The molecule has 0 fully saturated rings. The summed E-state index contributed by atoms with van der Waals surface area (Å²) in [5, 5.41) is 0. The van der Waals surface area contributed by atoms with Gasteiger partial charge in [-0.25, -0.2) is 6.07 Å². The second kappa shape index (κ2) is 16.3. The molecule has 0 spiro atoms. The first-order valence-corrected chi connectivity index (χ1v) is 14.6. The maximum atomic E-state index is 3.82. The molecule has 0 heterocycles. The van der Waals surface area contributed by atoms with Crippen LogP contribution in [0.3, 0.4) is 0 Å². The molecule has 0 unspecified atom stereocenters. The van der Waals surface area contributed by atoms with Crippen LogP contribution in [-0.2, 0) is 42.5 Å². The van der Waals surface area contributed by atoms with Gasteiger partial charge in [-0.15, -0.1) is 23.8 Å². The van der Waals surface area contributed by atoms with Gasteiger partial charge >= 0.3 is 76.7 Å². The Morgan fingerprint density at radius 2 is 1.57 bits per heavy atom. The minimum Gasteiger partial charge on any atom is -1.00 e. The van der Waals surface area contributed by atoms with E-state index in [0.717, 1.165) is 18.4 Å². The van der Waals surface area contributed by atoms with Gasteiger partial charge in [0.2, 0.25) is 0 Å². The molecule has 5 rings (SSSR count). The maximum Gasteiger partial charge on any atom is -1.00 e. The number of rotatable bonds is 4. The molecule has 0 saturated carbocycles. The summed E-state index contributed by atoms with van der Waals surface area (Å²) in [5.74, 6) is 0. The van der Waals surface area contributed by atoms with Gasteiger partial charge in [-0.1, -0.05) is 81.5 Å². The minimum absolute atomic E-state index is 0. The Labute approximate surface area is 270 Å². The number of hydrogen-bond donors (Lipinski definition) is 0. The van der Waals surface area contributed by atoms with Gasteiger partial charge in [-0.3, -0.25) is 0 Å². The smallest absolute Gasteiger partial charge is 1.00 e. The Kier molecular flexibility index (Phi) is 14.6. The monoisotopic (exact) mass is 644 g/mol. The van der Waals surface area contributed by atoms with E-state index in [2.05, 4.69) is 127 Å². The molecule has 0 aromatic heterocycles. The SMILES string of the molecule is C=Cc1c[c-]c2c(c1)-c1cc(C=C)ccc1C2.CCc1cc(C(C)(C)C)c[cH-]1.C[C](=[Zr+2])c1ccc(C)cc1.[Cl-].[Cl-]. The van der Waals surface area contributed by atoms with Crippen LogP contribution in [0.15, 0.2) is 86.0 Å². The molecule has 0 amide bonds. The molecule has 0 atom stereocenters. The molecule has 3 heteroatoms. The first-order valence-electron chi connectivity index (χ1n) is 13.4. The zero-order valence-electron chi connectivity index (χ0n) is 24.7. The van der Waals surface area contributed by atoms with Crippen molar-refractivity contribution in [3.05, 3.63) is 137 Å². The van der Waals surface area contributed by atoms with E-state index in [1.54, 1.807) is 0 Å². The average molecular weight is 647 g/mol. The first-order chi connectivity index (χ1) is 18.0. The van der Waals surface area contributed by atoms with Crippen molar-refractivity contribution in [1.29, 1.82) is 0 Å². The summed E-state index contributed by atoms with van der Waals surface area (Å²) >= 11 is 1.51. The number of halogens is 2. The van der Waals surface area contributed by atoms with E-state index in [9.17, 15) is 0 Å². The second-order valence-electron chi connectivity index (χ2n) is 10.9. The van der Waals surface area contributed by atoms with Gasteiger partial charge < -0.3 is 24.8 Å². The van der Waals surface area contributed by atoms with Crippen LogP contribution in [0.25, 0.3) is 23.3 Å². The summed E-state index contributed by atoms with van der Waals surface area (Å²) in [7, 11) is 0. The predicted octanol–water partition coefficient (Wildman–Crippen LogP) is 3.70. The van der Waals surface area contributed by atoms with Gasteiger partial charge in [-0.2, -0.15) is 47.0 Å². The van der Waals surface area contributed by atoms with Crippen molar-refractivity contribution in [2.45, 2.75) is 59.8 Å². The number of fused-ring (bicyclic) bond motifs is 3. The Balaban J connectivity index is 0.000000308. The quantitative estimate of drug-likeness (QED) is 0.262. The van der Waals surface area contributed by atoms with Crippen LogP contribution >= 0.6 is 0 Å². The van der Waals surface area contributed by atoms with Crippen molar-refractivity contribution in [2.24, 2.45) is 0 Å². The molecule has 0 aliphatic heterocycles. The fraction of sp³-hybridized carbons (Fsp3) is 0.243.